The fourth-order valence-corrected chi connectivity index (χ4v) is 2.66. The number of nitrogens with one attached hydrogen (secondary N) is 1. The Balaban J connectivity index is 1.72. The summed E-state index contributed by atoms with van der Waals surface area (Å²) in [6.45, 7) is 0. The fourth-order valence-electron chi connectivity index (χ4n) is 2.66. The largest absolute Gasteiger partial charge is 0.497 e. The molecule has 0 aliphatic carbocycles. The van der Waals surface area contributed by atoms with Crippen molar-refractivity contribution in [2.45, 2.75) is 12.8 Å². The van der Waals surface area contributed by atoms with Gasteiger partial charge in [-0.15, -0.1) is 0 Å². The fraction of sp³-hybridized carbons (Fsp3) is 0.211. The van der Waals surface area contributed by atoms with Gasteiger partial charge >= 0.3 is 0 Å². The van der Waals surface area contributed by atoms with Gasteiger partial charge in [0.25, 0.3) is 5.56 Å². The first-order valence-electron chi connectivity index (χ1n) is 8.09. The average Bonchev–Trinajstić information content (AvgIpc) is 2.68. The van der Waals surface area contributed by atoms with Gasteiger partial charge in [-0.2, -0.15) is 0 Å². The van der Waals surface area contributed by atoms with Crippen LogP contribution in [0.1, 0.15) is 12.0 Å². The highest BCUT2D eigenvalue weighted by Gasteiger charge is 2.10. The third kappa shape index (κ3) is 3.66. The van der Waals surface area contributed by atoms with Crippen LogP contribution in [0.3, 0.4) is 0 Å². The molecule has 0 saturated heterocycles. The molecular weight excluding hydrogens is 334 g/mol. The van der Waals surface area contributed by atoms with Crippen molar-refractivity contribution in [3.63, 3.8) is 0 Å². The molecule has 7 heteroatoms. The van der Waals surface area contributed by atoms with Crippen molar-refractivity contribution in [2.75, 3.05) is 19.6 Å². The Hall–Kier alpha value is -3.35. The van der Waals surface area contributed by atoms with Gasteiger partial charge in [0.1, 0.15) is 17.8 Å². The first-order chi connectivity index (χ1) is 12.6. The van der Waals surface area contributed by atoms with E-state index >= 15 is 0 Å². The number of rotatable bonds is 6. The number of methoxy groups -OCH3 is 2. The van der Waals surface area contributed by atoms with Gasteiger partial charge in [0.15, 0.2) is 0 Å². The lowest BCUT2D eigenvalue weighted by Crippen LogP contribution is -2.33. The van der Waals surface area contributed by atoms with Crippen LogP contribution in [0.2, 0.25) is 0 Å². The van der Waals surface area contributed by atoms with Gasteiger partial charge in [-0.05, 0) is 42.3 Å². The van der Waals surface area contributed by atoms with E-state index in [9.17, 15) is 9.59 Å². The zero-order chi connectivity index (χ0) is 18.5. The highest BCUT2D eigenvalue weighted by Crippen LogP contribution is 2.25. The number of amides is 1. The Morgan fingerprint density at radius 1 is 1.15 bits per heavy atom. The summed E-state index contributed by atoms with van der Waals surface area (Å²) in [5, 5.41) is 0.449. The van der Waals surface area contributed by atoms with Gasteiger partial charge in [0.05, 0.1) is 25.1 Å². The molecule has 3 rings (SSSR count). The second kappa shape index (κ2) is 7.69. The monoisotopic (exact) mass is 353 g/mol. The number of carbonyl (C=O) groups is 1. The summed E-state index contributed by atoms with van der Waals surface area (Å²) in [5.74, 6) is 1.08. The molecule has 0 radical (unpaired) electrons. The molecular formula is C19H19N3O4. The van der Waals surface area contributed by atoms with Crippen LogP contribution in [0.4, 0.5) is 0 Å². The first kappa shape index (κ1) is 17.5. The predicted octanol–water partition coefficient (Wildman–Crippen LogP) is 2.12. The summed E-state index contributed by atoms with van der Waals surface area (Å²) in [4.78, 5) is 28.8. The van der Waals surface area contributed by atoms with Crippen LogP contribution in [0.15, 0.2) is 53.6 Å². The predicted molar refractivity (Wildman–Crippen MR) is 98.2 cm³/mol. The van der Waals surface area contributed by atoms with Crippen LogP contribution >= 0.6 is 0 Å². The third-order valence-electron chi connectivity index (χ3n) is 4.02. The maximum absolute atomic E-state index is 12.4. The molecule has 0 aliphatic rings. The van der Waals surface area contributed by atoms with E-state index in [0.29, 0.717) is 28.8 Å². The molecule has 0 fully saturated rings. The number of ether oxygens (including phenoxy) is 2. The minimum atomic E-state index is -0.317. The van der Waals surface area contributed by atoms with Crippen LogP contribution in [0, 0.1) is 0 Å². The van der Waals surface area contributed by atoms with Gasteiger partial charge in [-0.1, -0.05) is 12.1 Å². The summed E-state index contributed by atoms with van der Waals surface area (Å²) < 4.78 is 11.6. The number of hydrogen-bond donors (Lipinski definition) is 1. The van der Waals surface area contributed by atoms with Gasteiger partial charge in [0, 0.05) is 6.42 Å². The number of aromatic nitrogens is 2. The molecule has 0 saturated carbocycles. The molecule has 1 amide bonds. The van der Waals surface area contributed by atoms with Gasteiger partial charge in [-0.3, -0.25) is 15.0 Å². The number of nitrogens with zero attached hydrogens (tertiary/aromatic N) is 2. The Bertz CT molecular complexity index is 997. The van der Waals surface area contributed by atoms with Gasteiger partial charge in [0.2, 0.25) is 5.91 Å². The van der Waals surface area contributed by atoms with Gasteiger partial charge < -0.3 is 9.47 Å². The van der Waals surface area contributed by atoms with Crippen LogP contribution in [-0.2, 0) is 11.2 Å². The van der Waals surface area contributed by atoms with Crippen molar-refractivity contribution in [3.8, 4) is 11.5 Å². The number of benzene rings is 2. The number of hydrogen-bond acceptors (Lipinski definition) is 5. The van der Waals surface area contributed by atoms with Crippen LogP contribution < -0.4 is 20.5 Å². The molecule has 1 aromatic heterocycles. The van der Waals surface area contributed by atoms with Gasteiger partial charge in [-0.25, -0.2) is 9.66 Å². The smallest absolute Gasteiger partial charge is 0.280 e. The maximum Gasteiger partial charge on any atom is 0.280 e. The highest BCUT2D eigenvalue weighted by molar-refractivity contribution is 5.84. The second-order valence-corrected chi connectivity index (χ2v) is 5.65. The van der Waals surface area contributed by atoms with Crippen LogP contribution in [0.5, 0.6) is 11.5 Å². The lowest BCUT2D eigenvalue weighted by Gasteiger charge is -2.11. The standard InChI is InChI=1S/C19H19N3O4/c1-25-14-8-9-17(26-2)13(11-14)7-10-18(23)21-22-12-20-16-6-4-3-5-15(16)19(22)24/h3-6,8-9,11-12H,7,10H2,1-2H3,(H,21,23). The molecule has 0 aliphatic heterocycles. The highest BCUT2D eigenvalue weighted by atomic mass is 16.5. The first-order valence-corrected chi connectivity index (χ1v) is 8.09. The third-order valence-corrected chi connectivity index (χ3v) is 4.02. The second-order valence-electron chi connectivity index (χ2n) is 5.65. The molecule has 0 unspecified atom stereocenters. The molecule has 2 aromatic carbocycles. The van der Waals surface area contributed by atoms with Crippen molar-refractivity contribution < 1.29 is 14.3 Å². The maximum atomic E-state index is 12.4. The van der Waals surface area contributed by atoms with E-state index in [1.807, 2.05) is 6.07 Å². The topological polar surface area (TPSA) is 82.4 Å². The Kier molecular flexibility index (Phi) is 5.17. The van der Waals surface area contributed by atoms with Crippen molar-refractivity contribution in [1.29, 1.82) is 0 Å². The summed E-state index contributed by atoms with van der Waals surface area (Å²) in [5.41, 5.74) is 3.69. The summed E-state index contributed by atoms with van der Waals surface area (Å²) >= 11 is 0. The van der Waals surface area contributed by atoms with E-state index in [1.165, 1.54) is 6.33 Å². The molecule has 3 aromatic rings. The molecule has 0 atom stereocenters. The van der Waals surface area contributed by atoms with Crippen LogP contribution in [-0.4, -0.2) is 29.8 Å². The SMILES string of the molecule is COc1ccc(OC)c(CCC(=O)Nn2cnc3ccccc3c2=O)c1. The summed E-state index contributed by atoms with van der Waals surface area (Å²) in [6.07, 6.45) is 1.94. The molecule has 0 spiro atoms. The molecule has 134 valence electrons. The van der Waals surface area contributed by atoms with E-state index in [-0.39, 0.29) is 17.9 Å². The number of carbonyl (C=O) groups excluding carboxylic acids is 1. The quantitative estimate of drug-likeness (QED) is 0.734. The molecule has 7 nitrogen and oxygen atoms in total. The zero-order valence-electron chi connectivity index (χ0n) is 14.6. The lowest BCUT2D eigenvalue weighted by molar-refractivity contribution is -0.117. The zero-order valence-corrected chi connectivity index (χ0v) is 14.6. The Morgan fingerprint density at radius 3 is 2.73 bits per heavy atom. The van der Waals surface area contributed by atoms with E-state index < -0.39 is 0 Å². The normalized spacial score (nSPS) is 10.5. The van der Waals surface area contributed by atoms with Crippen molar-refractivity contribution >= 4 is 16.8 Å². The van der Waals surface area contributed by atoms with Crippen molar-refractivity contribution in [2.24, 2.45) is 0 Å². The molecule has 26 heavy (non-hydrogen) atoms. The van der Waals surface area contributed by atoms with Crippen LogP contribution in [0.25, 0.3) is 10.9 Å². The summed E-state index contributed by atoms with van der Waals surface area (Å²) in [6, 6.07) is 12.4. The molecule has 1 N–H and O–H groups in total. The summed E-state index contributed by atoms with van der Waals surface area (Å²) in [7, 11) is 3.16. The molecule has 1 heterocycles. The number of para-hydroxylation sites is 1. The van der Waals surface area contributed by atoms with E-state index in [0.717, 1.165) is 10.2 Å². The van der Waals surface area contributed by atoms with E-state index in [2.05, 4.69) is 10.4 Å². The lowest BCUT2D eigenvalue weighted by atomic mass is 10.1. The minimum absolute atomic E-state index is 0.183. The van der Waals surface area contributed by atoms with E-state index in [1.54, 1.807) is 50.6 Å². The number of fused-ring (bicyclic) bond motifs is 1. The minimum Gasteiger partial charge on any atom is -0.497 e. The van der Waals surface area contributed by atoms with E-state index in [4.69, 9.17) is 9.47 Å². The van der Waals surface area contributed by atoms with Crippen molar-refractivity contribution in [3.05, 3.63) is 64.7 Å². The Labute approximate surface area is 150 Å². The molecule has 0 bridgehead atoms. The van der Waals surface area contributed by atoms with Crippen molar-refractivity contribution in [1.82, 2.24) is 9.66 Å². The Morgan fingerprint density at radius 2 is 1.96 bits per heavy atom. The average molecular weight is 353 g/mol. The number of aryl methyl sites for hydroxylation is 1.